The molecule has 0 spiro atoms. The topological polar surface area (TPSA) is 76.7 Å². The molecule has 8 heteroatoms. The Morgan fingerprint density at radius 2 is 1.62 bits per heavy atom. The van der Waals surface area contributed by atoms with Crippen LogP contribution in [0, 0.1) is 0 Å². The van der Waals surface area contributed by atoms with Crippen LogP contribution in [-0.4, -0.2) is 25.0 Å². The normalized spacial score (nSPS) is 10.1. The summed E-state index contributed by atoms with van der Waals surface area (Å²) in [5, 5.41) is 0.400. The number of carbonyl (C=O) groups excluding carboxylic acids is 2. The van der Waals surface area contributed by atoms with E-state index in [1.165, 1.54) is 0 Å². The first kappa shape index (κ1) is 20.1. The van der Waals surface area contributed by atoms with E-state index in [1.807, 2.05) is 19.1 Å². The Hall–Kier alpha value is -2.25. The van der Waals surface area contributed by atoms with Crippen LogP contribution in [0.3, 0.4) is 0 Å². The minimum Gasteiger partial charge on any atom is -0.483 e. The summed E-state index contributed by atoms with van der Waals surface area (Å²) in [6, 6.07) is 12.4. The van der Waals surface area contributed by atoms with E-state index < -0.39 is 11.8 Å². The maximum atomic E-state index is 11.8. The maximum Gasteiger partial charge on any atom is 0.276 e. The van der Waals surface area contributed by atoms with Gasteiger partial charge < -0.3 is 9.47 Å². The van der Waals surface area contributed by atoms with Crippen molar-refractivity contribution in [3.63, 3.8) is 0 Å². The molecule has 26 heavy (non-hydrogen) atoms. The van der Waals surface area contributed by atoms with Crippen molar-refractivity contribution in [1.82, 2.24) is 10.9 Å². The number of hydrogen-bond donors (Lipinski definition) is 2. The third kappa shape index (κ3) is 6.24. The van der Waals surface area contributed by atoms with Crippen LogP contribution in [0.5, 0.6) is 11.5 Å². The molecule has 0 aliphatic heterocycles. The largest absolute Gasteiger partial charge is 0.483 e. The molecule has 0 heterocycles. The fraction of sp³-hybridized carbons (Fsp3) is 0.222. The van der Waals surface area contributed by atoms with Gasteiger partial charge in [-0.3, -0.25) is 20.4 Å². The highest BCUT2D eigenvalue weighted by Gasteiger charge is 2.09. The van der Waals surface area contributed by atoms with Crippen LogP contribution >= 0.6 is 27.5 Å². The lowest BCUT2D eigenvalue weighted by atomic mass is 10.2. The van der Waals surface area contributed by atoms with Crippen LogP contribution in [0.25, 0.3) is 0 Å². The molecule has 0 radical (unpaired) electrons. The smallest absolute Gasteiger partial charge is 0.276 e. The zero-order valence-electron chi connectivity index (χ0n) is 14.1. The van der Waals surface area contributed by atoms with Crippen molar-refractivity contribution >= 4 is 39.3 Å². The molecule has 138 valence electrons. The highest BCUT2D eigenvalue weighted by molar-refractivity contribution is 9.10. The van der Waals surface area contributed by atoms with E-state index in [1.54, 1.807) is 30.3 Å². The Labute approximate surface area is 164 Å². The summed E-state index contributed by atoms with van der Waals surface area (Å²) >= 11 is 9.31. The first-order valence-corrected chi connectivity index (χ1v) is 9.03. The lowest BCUT2D eigenvalue weighted by molar-refractivity contribution is -0.131. The minimum atomic E-state index is -0.522. The number of aryl methyl sites for hydroxylation is 1. The predicted molar refractivity (Wildman–Crippen MR) is 102 cm³/mol. The van der Waals surface area contributed by atoms with E-state index in [9.17, 15) is 9.59 Å². The number of hydrogen-bond acceptors (Lipinski definition) is 4. The lowest BCUT2D eigenvalue weighted by Crippen LogP contribution is -2.45. The van der Waals surface area contributed by atoms with Gasteiger partial charge in [0.2, 0.25) is 0 Å². The Bertz CT molecular complexity index is 786. The molecular formula is C18H18BrClN2O4. The van der Waals surface area contributed by atoms with Crippen molar-refractivity contribution in [2.24, 2.45) is 0 Å². The first-order valence-electron chi connectivity index (χ1n) is 7.85. The highest BCUT2D eigenvalue weighted by atomic mass is 79.9. The van der Waals surface area contributed by atoms with Gasteiger partial charge in [-0.25, -0.2) is 0 Å². The van der Waals surface area contributed by atoms with Crippen LogP contribution in [0.1, 0.15) is 12.5 Å². The highest BCUT2D eigenvalue weighted by Crippen LogP contribution is 2.26. The molecule has 0 fully saturated rings. The Kier molecular flexibility index (Phi) is 7.74. The van der Waals surface area contributed by atoms with Gasteiger partial charge >= 0.3 is 0 Å². The fourth-order valence-electron chi connectivity index (χ4n) is 1.94. The van der Waals surface area contributed by atoms with E-state index in [0.717, 1.165) is 16.5 Å². The molecule has 0 bridgehead atoms. The second-order valence-electron chi connectivity index (χ2n) is 5.22. The number of ether oxygens (including phenoxy) is 2. The van der Waals surface area contributed by atoms with Gasteiger partial charge in [-0.2, -0.15) is 0 Å². The predicted octanol–water partition coefficient (Wildman–Crippen LogP) is 3.27. The lowest BCUT2D eigenvalue weighted by Gasteiger charge is -2.11. The Morgan fingerprint density at radius 3 is 2.19 bits per heavy atom. The number of amides is 2. The van der Waals surface area contributed by atoms with Crippen molar-refractivity contribution in [3.05, 3.63) is 57.5 Å². The van der Waals surface area contributed by atoms with Gasteiger partial charge in [0.15, 0.2) is 13.2 Å². The molecule has 0 aliphatic rings. The number of benzene rings is 2. The molecule has 0 unspecified atom stereocenters. The molecule has 0 aromatic heterocycles. The second kappa shape index (κ2) is 10.0. The Morgan fingerprint density at radius 1 is 1.00 bits per heavy atom. The molecule has 2 amide bonds. The van der Waals surface area contributed by atoms with Gasteiger partial charge in [-0.15, -0.1) is 0 Å². The van der Waals surface area contributed by atoms with Crippen molar-refractivity contribution < 1.29 is 19.1 Å². The van der Waals surface area contributed by atoms with Crippen molar-refractivity contribution in [1.29, 1.82) is 0 Å². The van der Waals surface area contributed by atoms with Crippen molar-refractivity contribution in [2.75, 3.05) is 13.2 Å². The van der Waals surface area contributed by atoms with Gasteiger partial charge in [0.05, 0.1) is 9.50 Å². The van der Waals surface area contributed by atoms with Gasteiger partial charge in [-0.05, 0) is 52.2 Å². The molecule has 2 N–H and O–H groups in total. The van der Waals surface area contributed by atoms with Crippen LogP contribution in [0.2, 0.25) is 5.02 Å². The summed E-state index contributed by atoms with van der Waals surface area (Å²) in [7, 11) is 0. The number of hydrazine groups is 1. The van der Waals surface area contributed by atoms with Gasteiger partial charge in [0, 0.05) is 0 Å². The molecule has 0 atom stereocenters. The average Bonchev–Trinajstić information content (AvgIpc) is 2.64. The number of rotatable bonds is 7. The standard InChI is InChI=1S/C18H18BrClN2O4/c1-2-12-7-8-15(13(19)9-12)25-10-17(23)21-22-18(24)11-26-16-6-4-3-5-14(16)20/h3-9H,2,10-11H2,1H3,(H,21,23)(H,22,24). The summed E-state index contributed by atoms with van der Waals surface area (Å²) < 4.78 is 11.4. The molecule has 2 aromatic rings. The number of halogens is 2. The SMILES string of the molecule is CCc1ccc(OCC(=O)NNC(=O)COc2ccccc2Cl)c(Br)c1. The summed E-state index contributed by atoms with van der Waals surface area (Å²) in [5.41, 5.74) is 5.65. The zero-order valence-corrected chi connectivity index (χ0v) is 16.4. The van der Waals surface area contributed by atoms with Crippen molar-refractivity contribution in [2.45, 2.75) is 13.3 Å². The molecule has 0 aliphatic carbocycles. The minimum absolute atomic E-state index is 0.240. The fourth-order valence-corrected chi connectivity index (χ4v) is 2.67. The van der Waals surface area contributed by atoms with Gasteiger partial charge in [-0.1, -0.05) is 36.7 Å². The van der Waals surface area contributed by atoms with Crippen LogP contribution in [-0.2, 0) is 16.0 Å². The first-order chi connectivity index (χ1) is 12.5. The number of carbonyl (C=O) groups is 2. The second-order valence-corrected chi connectivity index (χ2v) is 6.48. The summed E-state index contributed by atoms with van der Waals surface area (Å²) in [6.07, 6.45) is 0.904. The molecule has 6 nitrogen and oxygen atoms in total. The molecular weight excluding hydrogens is 424 g/mol. The molecule has 2 aromatic carbocycles. The van der Waals surface area contributed by atoms with Gasteiger partial charge in [0.1, 0.15) is 11.5 Å². The van der Waals surface area contributed by atoms with E-state index in [4.69, 9.17) is 21.1 Å². The zero-order chi connectivity index (χ0) is 18.9. The van der Waals surface area contributed by atoms with E-state index in [0.29, 0.717) is 16.5 Å². The van der Waals surface area contributed by atoms with Crippen LogP contribution in [0.15, 0.2) is 46.9 Å². The third-order valence-electron chi connectivity index (χ3n) is 3.30. The van der Waals surface area contributed by atoms with E-state index in [-0.39, 0.29) is 13.2 Å². The Balaban J connectivity index is 1.71. The summed E-state index contributed by atoms with van der Waals surface area (Å²) in [6.45, 7) is 1.53. The van der Waals surface area contributed by atoms with Gasteiger partial charge in [0.25, 0.3) is 11.8 Å². The summed E-state index contributed by atoms with van der Waals surface area (Å²) in [5.74, 6) is -0.0839. The third-order valence-corrected chi connectivity index (χ3v) is 4.23. The molecule has 2 rings (SSSR count). The maximum absolute atomic E-state index is 11.8. The number of para-hydroxylation sites is 1. The average molecular weight is 442 g/mol. The summed E-state index contributed by atoms with van der Waals surface area (Å²) in [4.78, 5) is 23.4. The molecule has 0 saturated carbocycles. The quantitative estimate of drug-likeness (QED) is 0.647. The molecule has 0 saturated heterocycles. The van der Waals surface area contributed by atoms with Crippen LogP contribution < -0.4 is 20.3 Å². The van der Waals surface area contributed by atoms with E-state index in [2.05, 4.69) is 26.8 Å². The van der Waals surface area contributed by atoms with Crippen molar-refractivity contribution in [3.8, 4) is 11.5 Å². The number of nitrogens with one attached hydrogen (secondary N) is 2. The van der Waals surface area contributed by atoms with Crippen LogP contribution in [0.4, 0.5) is 0 Å². The monoisotopic (exact) mass is 440 g/mol. The van der Waals surface area contributed by atoms with E-state index >= 15 is 0 Å².